The lowest BCUT2D eigenvalue weighted by molar-refractivity contribution is -0.123. The third-order valence-corrected chi connectivity index (χ3v) is 4.20. The average molecular weight is 318 g/mol. The number of rotatable bonds is 6. The van der Waals surface area contributed by atoms with Gasteiger partial charge in [-0.15, -0.1) is 0 Å². The van der Waals surface area contributed by atoms with Crippen LogP contribution in [0.15, 0.2) is 24.3 Å². The first-order valence-electron chi connectivity index (χ1n) is 6.68. The van der Waals surface area contributed by atoms with E-state index in [1.54, 1.807) is 18.2 Å². The Morgan fingerprint density at radius 1 is 1.43 bits per heavy atom. The Morgan fingerprint density at radius 2 is 2.19 bits per heavy atom. The van der Waals surface area contributed by atoms with Gasteiger partial charge in [-0.2, -0.15) is 11.8 Å². The van der Waals surface area contributed by atoms with Gasteiger partial charge in [0.15, 0.2) is 0 Å². The number of hydrogen-bond acceptors (Lipinski definition) is 3. The summed E-state index contributed by atoms with van der Waals surface area (Å²) in [7, 11) is 0. The van der Waals surface area contributed by atoms with Gasteiger partial charge in [0.2, 0.25) is 5.91 Å². The van der Waals surface area contributed by atoms with Gasteiger partial charge >= 0.3 is 0 Å². The van der Waals surface area contributed by atoms with Gasteiger partial charge in [0.25, 0.3) is 5.92 Å². The van der Waals surface area contributed by atoms with Crippen LogP contribution in [-0.2, 0) is 10.5 Å². The Balaban J connectivity index is 1.62. The number of thioether (sulfide) groups is 1. The highest BCUT2D eigenvalue weighted by atomic mass is 32.2. The number of halogens is 3. The second kappa shape index (κ2) is 7.17. The minimum atomic E-state index is -2.80. The minimum Gasteiger partial charge on any atom is -0.354 e. The van der Waals surface area contributed by atoms with Gasteiger partial charge < -0.3 is 5.32 Å². The summed E-state index contributed by atoms with van der Waals surface area (Å²) in [4.78, 5) is 11.6. The summed E-state index contributed by atoms with van der Waals surface area (Å²) in [6, 6.07) is 5.70. The lowest BCUT2D eigenvalue weighted by atomic mass is 10.2. The molecule has 1 atom stereocenters. The number of carbonyl (C=O) groups is 1. The second-order valence-electron chi connectivity index (χ2n) is 4.93. The summed E-state index contributed by atoms with van der Waals surface area (Å²) in [6.07, 6.45) is -0.457. The number of carbonyl (C=O) groups excluding carboxylic acids is 1. The lowest BCUT2D eigenvalue weighted by Gasteiger charge is -2.11. The van der Waals surface area contributed by atoms with E-state index in [-0.39, 0.29) is 5.82 Å². The van der Waals surface area contributed by atoms with E-state index in [1.165, 1.54) is 17.8 Å². The molecule has 1 unspecified atom stereocenters. The molecule has 2 N–H and O–H groups in total. The first-order valence-corrected chi connectivity index (χ1v) is 7.83. The van der Waals surface area contributed by atoms with E-state index in [1.807, 2.05) is 0 Å². The fraction of sp³-hybridized carbons (Fsp3) is 0.500. The molecule has 0 spiro atoms. The number of amides is 1. The molecule has 0 aliphatic carbocycles. The summed E-state index contributed by atoms with van der Waals surface area (Å²) in [5.41, 5.74) is 0.617. The van der Waals surface area contributed by atoms with E-state index >= 15 is 0 Å². The van der Waals surface area contributed by atoms with Crippen molar-refractivity contribution in [3.8, 4) is 0 Å². The molecule has 1 saturated heterocycles. The van der Waals surface area contributed by atoms with Crippen molar-refractivity contribution in [2.75, 3.05) is 18.8 Å². The van der Waals surface area contributed by atoms with Gasteiger partial charge in [-0.1, -0.05) is 18.2 Å². The minimum absolute atomic E-state index is 0.244. The Hall–Kier alpha value is -1.21. The van der Waals surface area contributed by atoms with E-state index in [2.05, 4.69) is 10.6 Å². The van der Waals surface area contributed by atoms with Crippen LogP contribution in [0.1, 0.15) is 12.0 Å². The topological polar surface area (TPSA) is 41.1 Å². The number of hydrogen-bond donors (Lipinski definition) is 2. The molecule has 1 aliphatic rings. The number of nitrogens with one attached hydrogen (secondary N) is 2. The van der Waals surface area contributed by atoms with Gasteiger partial charge in [-0.05, 0) is 11.6 Å². The molecule has 0 bridgehead atoms. The third kappa shape index (κ3) is 4.93. The van der Waals surface area contributed by atoms with Crippen LogP contribution in [0, 0.1) is 5.82 Å². The van der Waals surface area contributed by atoms with Gasteiger partial charge in [-0.25, -0.2) is 13.2 Å². The normalized spacial score (nSPS) is 20.4. The van der Waals surface area contributed by atoms with Crippen molar-refractivity contribution in [2.24, 2.45) is 0 Å². The lowest BCUT2D eigenvalue weighted by Crippen LogP contribution is -2.41. The van der Waals surface area contributed by atoms with Gasteiger partial charge in [0.05, 0.1) is 12.6 Å². The Bertz CT molecular complexity index is 499. The third-order valence-electron chi connectivity index (χ3n) is 3.19. The number of alkyl halides is 2. The van der Waals surface area contributed by atoms with Gasteiger partial charge in [0, 0.05) is 24.5 Å². The van der Waals surface area contributed by atoms with Crippen LogP contribution in [0.4, 0.5) is 13.2 Å². The molecule has 1 aromatic carbocycles. The first-order chi connectivity index (χ1) is 9.98. The van der Waals surface area contributed by atoms with E-state index < -0.39 is 30.8 Å². The van der Waals surface area contributed by atoms with Crippen LogP contribution in [0.5, 0.6) is 0 Å². The molecule has 3 nitrogen and oxygen atoms in total. The Labute approximate surface area is 125 Å². The molecule has 7 heteroatoms. The van der Waals surface area contributed by atoms with Crippen LogP contribution in [-0.4, -0.2) is 36.7 Å². The molecule has 0 saturated carbocycles. The van der Waals surface area contributed by atoms with Crippen LogP contribution >= 0.6 is 11.8 Å². The highest BCUT2D eigenvalue weighted by molar-refractivity contribution is 7.98. The van der Waals surface area contributed by atoms with Crippen molar-refractivity contribution in [3.05, 3.63) is 35.6 Å². The van der Waals surface area contributed by atoms with Gasteiger partial charge in [-0.3, -0.25) is 10.1 Å². The molecule has 2 rings (SSSR count). The molecule has 1 heterocycles. The highest BCUT2D eigenvalue weighted by Crippen LogP contribution is 2.25. The fourth-order valence-electron chi connectivity index (χ4n) is 2.07. The largest absolute Gasteiger partial charge is 0.354 e. The highest BCUT2D eigenvalue weighted by Gasteiger charge is 2.42. The van der Waals surface area contributed by atoms with Crippen molar-refractivity contribution in [1.82, 2.24) is 10.6 Å². The van der Waals surface area contributed by atoms with Crippen LogP contribution in [0.2, 0.25) is 0 Å². The maximum Gasteiger partial charge on any atom is 0.262 e. The molecule has 1 fully saturated rings. The Morgan fingerprint density at radius 3 is 2.86 bits per heavy atom. The first kappa shape index (κ1) is 16.2. The predicted molar refractivity (Wildman–Crippen MR) is 76.9 cm³/mol. The number of benzene rings is 1. The van der Waals surface area contributed by atoms with E-state index in [0.717, 1.165) is 0 Å². The van der Waals surface area contributed by atoms with Crippen molar-refractivity contribution >= 4 is 17.7 Å². The zero-order valence-electron chi connectivity index (χ0n) is 11.4. The summed E-state index contributed by atoms with van der Waals surface area (Å²) >= 11 is 1.48. The van der Waals surface area contributed by atoms with Crippen molar-refractivity contribution in [1.29, 1.82) is 0 Å². The monoisotopic (exact) mass is 318 g/mol. The molecule has 1 aromatic rings. The van der Waals surface area contributed by atoms with E-state index in [4.69, 9.17) is 0 Å². The molecular formula is C14H17F3N2OS. The molecule has 1 amide bonds. The summed E-state index contributed by atoms with van der Waals surface area (Å²) in [6.45, 7) is -0.0746. The molecule has 1 aliphatic heterocycles. The van der Waals surface area contributed by atoms with Crippen LogP contribution < -0.4 is 10.6 Å². The quantitative estimate of drug-likeness (QED) is 0.790. The van der Waals surface area contributed by atoms with Crippen molar-refractivity contribution < 1.29 is 18.0 Å². The SMILES string of the molecule is O=C(NCCSCc1ccccc1F)C1CC(F)(F)CN1. The van der Waals surface area contributed by atoms with Crippen molar-refractivity contribution in [2.45, 2.75) is 24.1 Å². The zero-order chi connectivity index (χ0) is 15.3. The van der Waals surface area contributed by atoms with Crippen molar-refractivity contribution in [3.63, 3.8) is 0 Å². The predicted octanol–water partition coefficient (Wildman–Crippen LogP) is 2.17. The smallest absolute Gasteiger partial charge is 0.262 e. The second-order valence-corrected chi connectivity index (χ2v) is 6.03. The van der Waals surface area contributed by atoms with Crippen LogP contribution in [0.3, 0.4) is 0 Å². The molecular weight excluding hydrogens is 301 g/mol. The molecule has 0 radical (unpaired) electrons. The Kier molecular flexibility index (Phi) is 5.52. The molecule has 116 valence electrons. The average Bonchev–Trinajstić information content (AvgIpc) is 2.80. The molecule has 21 heavy (non-hydrogen) atoms. The fourth-order valence-corrected chi connectivity index (χ4v) is 2.91. The maximum atomic E-state index is 13.3. The van der Waals surface area contributed by atoms with E-state index in [0.29, 0.717) is 23.6 Å². The van der Waals surface area contributed by atoms with Crippen LogP contribution in [0.25, 0.3) is 0 Å². The summed E-state index contributed by atoms with van der Waals surface area (Å²) < 4.78 is 39.2. The molecule has 0 aromatic heterocycles. The summed E-state index contributed by atoms with van der Waals surface area (Å²) in [5, 5.41) is 5.12. The standard InChI is InChI=1S/C14H17F3N2OS/c15-11-4-2-1-3-10(11)8-21-6-5-18-13(20)12-7-14(16,17)9-19-12/h1-4,12,19H,5-9H2,(H,18,20). The summed E-state index contributed by atoms with van der Waals surface area (Å²) in [5.74, 6) is -2.34. The van der Waals surface area contributed by atoms with Gasteiger partial charge in [0.1, 0.15) is 5.82 Å². The zero-order valence-corrected chi connectivity index (χ0v) is 12.2. The van der Waals surface area contributed by atoms with E-state index in [9.17, 15) is 18.0 Å². The maximum absolute atomic E-state index is 13.3.